The minimum Gasteiger partial charge on any atom is -0.352 e. The summed E-state index contributed by atoms with van der Waals surface area (Å²) in [4.78, 5) is 13.3. The van der Waals surface area contributed by atoms with Gasteiger partial charge in [0.1, 0.15) is 12.2 Å². The third-order valence-corrected chi connectivity index (χ3v) is 3.15. The zero-order valence-corrected chi connectivity index (χ0v) is 10.4. The summed E-state index contributed by atoms with van der Waals surface area (Å²) in [7, 11) is 0. The topological polar surface area (TPSA) is 63.1 Å². The molecule has 0 aromatic carbocycles. The van der Waals surface area contributed by atoms with Crippen LogP contribution >= 0.6 is 0 Å². The number of hydrogen-bond acceptors (Lipinski definition) is 4. The van der Waals surface area contributed by atoms with E-state index in [-0.39, 0.29) is 5.91 Å². The number of hydrogen-bond donors (Lipinski definition) is 1. The number of likely N-dealkylation sites (tertiary alicyclic amines) is 1. The molecule has 1 aromatic heterocycles. The molecule has 1 unspecified atom stereocenters. The number of nitrogens with zero attached hydrogens (tertiary/aromatic N) is 4. The van der Waals surface area contributed by atoms with Gasteiger partial charge in [0.25, 0.3) is 0 Å². The van der Waals surface area contributed by atoms with Crippen molar-refractivity contribution >= 4 is 5.91 Å². The molecular formula is C11H19N5O. The van der Waals surface area contributed by atoms with Crippen LogP contribution in [0.5, 0.6) is 0 Å². The summed E-state index contributed by atoms with van der Waals surface area (Å²) in [6, 6.07) is 0.314. The van der Waals surface area contributed by atoms with E-state index in [2.05, 4.69) is 20.4 Å². The molecular weight excluding hydrogens is 218 g/mol. The van der Waals surface area contributed by atoms with Crippen LogP contribution in [0, 0.1) is 6.92 Å². The summed E-state index contributed by atoms with van der Waals surface area (Å²) >= 11 is 0. The van der Waals surface area contributed by atoms with Crippen molar-refractivity contribution in [2.75, 3.05) is 19.6 Å². The molecule has 1 aromatic rings. The first kappa shape index (κ1) is 12.0. The number of amides is 1. The molecule has 1 saturated heterocycles. The Labute approximate surface area is 101 Å². The molecule has 0 radical (unpaired) electrons. The van der Waals surface area contributed by atoms with Crippen molar-refractivity contribution < 1.29 is 4.79 Å². The number of carbonyl (C=O) groups excluding carboxylic acids is 1. The smallest absolute Gasteiger partial charge is 0.217 e. The predicted molar refractivity (Wildman–Crippen MR) is 63.4 cm³/mol. The van der Waals surface area contributed by atoms with E-state index in [1.54, 1.807) is 13.3 Å². The molecule has 1 N–H and O–H groups in total. The van der Waals surface area contributed by atoms with Crippen LogP contribution in [0.15, 0.2) is 6.33 Å². The van der Waals surface area contributed by atoms with Crippen LogP contribution in [-0.2, 0) is 11.3 Å². The predicted octanol–water partition coefficient (Wildman–Crippen LogP) is -0.203. The highest BCUT2D eigenvalue weighted by molar-refractivity contribution is 5.73. The fourth-order valence-corrected chi connectivity index (χ4v) is 2.22. The van der Waals surface area contributed by atoms with Crippen LogP contribution in [0.1, 0.15) is 19.2 Å². The molecule has 1 atom stereocenters. The first-order valence-corrected chi connectivity index (χ1v) is 5.99. The van der Waals surface area contributed by atoms with Gasteiger partial charge in [0.05, 0.1) is 0 Å². The molecule has 1 fully saturated rings. The SMILES string of the molecule is CC(=O)NC1CCN(CCn2cnnc2C)C1. The summed E-state index contributed by atoms with van der Waals surface area (Å²) in [5.74, 6) is 1.01. The third kappa shape index (κ3) is 3.26. The zero-order valence-electron chi connectivity index (χ0n) is 10.4. The van der Waals surface area contributed by atoms with Gasteiger partial charge in [-0.2, -0.15) is 0 Å². The molecule has 94 valence electrons. The van der Waals surface area contributed by atoms with Crippen molar-refractivity contribution in [2.45, 2.75) is 32.9 Å². The van der Waals surface area contributed by atoms with Gasteiger partial charge < -0.3 is 9.88 Å². The van der Waals surface area contributed by atoms with E-state index in [0.717, 1.165) is 38.4 Å². The van der Waals surface area contributed by atoms with E-state index < -0.39 is 0 Å². The minimum atomic E-state index is 0.0616. The van der Waals surface area contributed by atoms with Gasteiger partial charge in [-0.1, -0.05) is 0 Å². The Morgan fingerprint density at radius 1 is 1.59 bits per heavy atom. The Bertz CT molecular complexity index is 389. The van der Waals surface area contributed by atoms with Gasteiger partial charge in [-0.05, 0) is 13.3 Å². The maximum absolute atomic E-state index is 10.9. The van der Waals surface area contributed by atoms with Gasteiger partial charge in [-0.3, -0.25) is 9.69 Å². The Balaban J connectivity index is 1.75. The average molecular weight is 237 g/mol. The van der Waals surface area contributed by atoms with E-state index >= 15 is 0 Å². The molecule has 6 nitrogen and oxygen atoms in total. The molecule has 17 heavy (non-hydrogen) atoms. The summed E-state index contributed by atoms with van der Waals surface area (Å²) in [5.41, 5.74) is 0. The van der Waals surface area contributed by atoms with E-state index in [1.165, 1.54) is 0 Å². The van der Waals surface area contributed by atoms with Gasteiger partial charge in [0, 0.05) is 39.1 Å². The van der Waals surface area contributed by atoms with Crippen molar-refractivity contribution in [3.63, 3.8) is 0 Å². The second-order valence-corrected chi connectivity index (χ2v) is 4.56. The lowest BCUT2D eigenvalue weighted by Gasteiger charge is -2.16. The van der Waals surface area contributed by atoms with Gasteiger partial charge in [0.2, 0.25) is 5.91 Å². The number of carbonyl (C=O) groups is 1. The van der Waals surface area contributed by atoms with Gasteiger partial charge in [-0.25, -0.2) is 0 Å². The first-order valence-electron chi connectivity index (χ1n) is 5.99. The molecule has 2 rings (SSSR count). The lowest BCUT2D eigenvalue weighted by Crippen LogP contribution is -2.36. The van der Waals surface area contributed by atoms with E-state index in [1.807, 2.05) is 11.5 Å². The quantitative estimate of drug-likeness (QED) is 0.787. The van der Waals surface area contributed by atoms with Crippen LogP contribution in [0.4, 0.5) is 0 Å². The third-order valence-electron chi connectivity index (χ3n) is 3.15. The van der Waals surface area contributed by atoms with E-state index in [4.69, 9.17) is 0 Å². The summed E-state index contributed by atoms with van der Waals surface area (Å²) in [5, 5.41) is 10.8. The van der Waals surface area contributed by atoms with Crippen LogP contribution in [0.3, 0.4) is 0 Å². The maximum atomic E-state index is 10.9. The largest absolute Gasteiger partial charge is 0.352 e. The Morgan fingerprint density at radius 2 is 2.41 bits per heavy atom. The van der Waals surface area contributed by atoms with Gasteiger partial charge >= 0.3 is 0 Å². The Hall–Kier alpha value is -1.43. The highest BCUT2D eigenvalue weighted by atomic mass is 16.1. The van der Waals surface area contributed by atoms with Crippen LogP contribution in [0.25, 0.3) is 0 Å². The highest BCUT2D eigenvalue weighted by Gasteiger charge is 2.22. The normalized spacial score (nSPS) is 20.7. The van der Waals surface area contributed by atoms with E-state index in [0.29, 0.717) is 6.04 Å². The zero-order chi connectivity index (χ0) is 12.3. The number of nitrogens with one attached hydrogen (secondary N) is 1. The lowest BCUT2D eigenvalue weighted by atomic mass is 10.3. The number of aryl methyl sites for hydroxylation is 1. The standard InChI is InChI=1S/C11H19N5O/c1-9-14-12-8-16(9)6-5-15-4-3-11(7-15)13-10(2)17/h8,11H,3-7H2,1-2H3,(H,13,17). The molecule has 1 aliphatic heterocycles. The molecule has 0 spiro atoms. The van der Waals surface area contributed by atoms with Crippen LogP contribution in [-0.4, -0.2) is 51.2 Å². The van der Waals surface area contributed by atoms with Crippen molar-refractivity contribution in [3.05, 3.63) is 12.2 Å². The summed E-state index contributed by atoms with van der Waals surface area (Å²) in [6.07, 6.45) is 2.80. The lowest BCUT2D eigenvalue weighted by molar-refractivity contribution is -0.119. The van der Waals surface area contributed by atoms with Crippen molar-refractivity contribution in [1.29, 1.82) is 0 Å². The molecule has 6 heteroatoms. The Morgan fingerprint density at radius 3 is 3.06 bits per heavy atom. The van der Waals surface area contributed by atoms with Crippen LogP contribution in [0.2, 0.25) is 0 Å². The monoisotopic (exact) mass is 237 g/mol. The minimum absolute atomic E-state index is 0.0616. The van der Waals surface area contributed by atoms with E-state index in [9.17, 15) is 4.79 Å². The molecule has 1 aliphatic rings. The highest BCUT2D eigenvalue weighted by Crippen LogP contribution is 2.09. The first-order chi connectivity index (χ1) is 8.15. The van der Waals surface area contributed by atoms with Crippen LogP contribution < -0.4 is 5.32 Å². The molecule has 1 amide bonds. The van der Waals surface area contributed by atoms with Crippen molar-refractivity contribution in [1.82, 2.24) is 25.0 Å². The van der Waals surface area contributed by atoms with Gasteiger partial charge in [-0.15, -0.1) is 10.2 Å². The maximum Gasteiger partial charge on any atom is 0.217 e. The second kappa shape index (κ2) is 5.27. The Kier molecular flexibility index (Phi) is 3.73. The molecule has 0 saturated carbocycles. The van der Waals surface area contributed by atoms with Crippen molar-refractivity contribution in [3.8, 4) is 0 Å². The number of rotatable bonds is 4. The second-order valence-electron chi connectivity index (χ2n) is 4.56. The summed E-state index contributed by atoms with van der Waals surface area (Å²) in [6.45, 7) is 7.41. The van der Waals surface area contributed by atoms with Gasteiger partial charge in [0.15, 0.2) is 0 Å². The fourth-order valence-electron chi connectivity index (χ4n) is 2.22. The number of aromatic nitrogens is 3. The molecule has 0 bridgehead atoms. The average Bonchev–Trinajstić information content (AvgIpc) is 2.84. The molecule has 2 heterocycles. The molecule has 0 aliphatic carbocycles. The van der Waals surface area contributed by atoms with Crippen molar-refractivity contribution in [2.24, 2.45) is 0 Å². The summed E-state index contributed by atoms with van der Waals surface area (Å²) < 4.78 is 2.05. The fraction of sp³-hybridized carbons (Fsp3) is 0.727.